The van der Waals surface area contributed by atoms with Gasteiger partial charge in [0, 0.05) is 18.9 Å². The van der Waals surface area contributed by atoms with E-state index in [2.05, 4.69) is 10.3 Å². The Hall–Kier alpha value is -0.970. The fourth-order valence-corrected chi connectivity index (χ4v) is 1.41. The second-order valence-corrected chi connectivity index (χ2v) is 3.14. The monoisotopic (exact) mass is 262 g/mol. The van der Waals surface area contributed by atoms with Gasteiger partial charge in [-0.1, -0.05) is 6.07 Å². The van der Waals surface area contributed by atoms with Gasteiger partial charge < -0.3 is 11.1 Å². The Morgan fingerprint density at radius 1 is 1.31 bits per heavy atom. The number of fused-ring (bicyclic) bond motifs is 1. The molecule has 90 valence electrons. The zero-order valence-electron chi connectivity index (χ0n) is 8.80. The summed E-state index contributed by atoms with van der Waals surface area (Å²) in [6.07, 6.45) is 4.72. The van der Waals surface area contributed by atoms with Crippen LogP contribution in [0.3, 0.4) is 0 Å². The van der Waals surface area contributed by atoms with Crippen molar-refractivity contribution in [3.05, 3.63) is 30.6 Å². The fraction of sp³-hybridized carbons (Fsp3) is 0.300. The summed E-state index contributed by atoms with van der Waals surface area (Å²) < 4.78 is 2.02. The average Bonchev–Trinajstić information content (AvgIpc) is 2.67. The molecule has 2 aromatic heterocycles. The van der Waals surface area contributed by atoms with Crippen molar-refractivity contribution in [2.75, 3.05) is 18.4 Å². The number of halogens is 2. The molecule has 0 bridgehead atoms. The molecule has 0 saturated carbocycles. The Morgan fingerprint density at radius 2 is 2.12 bits per heavy atom. The van der Waals surface area contributed by atoms with Crippen molar-refractivity contribution in [1.82, 2.24) is 9.38 Å². The van der Waals surface area contributed by atoms with E-state index < -0.39 is 0 Å². The van der Waals surface area contributed by atoms with Crippen molar-refractivity contribution in [2.45, 2.75) is 6.42 Å². The predicted molar refractivity (Wildman–Crippen MR) is 71.8 cm³/mol. The minimum Gasteiger partial charge on any atom is -0.371 e. The van der Waals surface area contributed by atoms with Crippen LogP contribution in [-0.4, -0.2) is 22.5 Å². The summed E-state index contributed by atoms with van der Waals surface area (Å²) in [4.78, 5) is 4.21. The van der Waals surface area contributed by atoms with Gasteiger partial charge in [-0.25, -0.2) is 4.98 Å². The molecule has 3 N–H and O–H groups in total. The minimum atomic E-state index is 0. The molecule has 0 aliphatic heterocycles. The molecule has 0 aromatic carbocycles. The van der Waals surface area contributed by atoms with Crippen LogP contribution in [0.15, 0.2) is 30.6 Å². The van der Waals surface area contributed by atoms with Gasteiger partial charge in [0.15, 0.2) is 0 Å². The third-order valence-electron chi connectivity index (χ3n) is 2.12. The molecule has 0 atom stereocenters. The fourth-order valence-electron chi connectivity index (χ4n) is 1.41. The van der Waals surface area contributed by atoms with Crippen molar-refractivity contribution >= 4 is 36.3 Å². The van der Waals surface area contributed by atoms with Crippen LogP contribution in [0, 0.1) is 0 Å². The first-order valence-electron chi connectivity index (χ1n) is 4.78. The highest BCUT2D eigenvalue weighted by Crippen LogP contribution is 2.10. The van der Waals surface area contributed by atoms with Gasteiger partial charge in [-0.2, -0.15) is 0 Å². The number of nitrogens with one attached hydrogen (secondary N) is 1. The van der Waals surface area contributed by atoms with E-state index in [1.807, 2.05) is 28.8 Å². The van der Waals surface area contributed by atoms with Crippen LogP contribution >= 0.6 is 24.8 Å². The normalized spacial score (nSPS) is 9.31. The number of hydrogen-bond acceptors (Lipinski definition) is 3. The molecule has 0 radical (unpaired) electrons. The number of anilines is 1. The topological polar surface area (TPSA) is 55.3 Å². The predicted octanol–water partition coefficient (Wildman–Crippen LogP) is 1.94. The number of hydrogen-bond donors (Lipinski definition) is 2. The van der Waals surface area contributed by atoms with Gasteiger partial charge in [0.2, 0.25) is 0 Å². The summed E-state index contributed by atoms with van der Waals surface area (Å²) in [7, 11) is 0. The van der Waals surface area contributed by atoms with Gasteiger partial charge in [0.25, 0.3) is 0 Å². The lowest BCUT2D eigenvalue weighted by Crippen LogP contribution is -2.10. The molecule has 0 amide bonds. The third-order valence-corrected chi connectivity index (χ3v) is 2.12. The average molecular weight is 263 g/mol. The van der Waals surface area contributed by atoms with Gasteiger partial charge in [0.1, 0.15) is 11.5 Å². The highest BCUT2D eigenvalue weighted by Gasteiger charge is 1.97. The van der Waals surface area contributed by atoms with E-state index in [4.69, 9.17) is 5.73 Å². The molecular formula is C10H16Cl2N4. The van der Waals surface area contributed by atoms with Gasteiger partial charge in [0.05, 0.1) is 0 Å². The van der Waals surface area contributed by atoms with E-state index in [1.54, 1.807) is 6.20 Å². The molecule has 0 unspecified atom stereocenters. The maximum Gasteiger partial charge on any atom is 0.138 e. The Balaban J connectivity index is 0.00000112. The van der Waals surface area contributed by atoms with Gasteiger partial charge in [-0.3, -0.25) is 4.40 Å². The van der Waals surface area contributed by atoms with Crippen LogP contribution in [0.1, 0.15) is 6.42 Å². The van der Waals surface area contributed by atoms with Gasteiger partial charge in [-0.05, 0) is 25.1 Å². The number of nitrogens with zero attached hydrogens (tertiary/aromatic N) is 2. The molecule has 2 rings (SSSR count). The summed E-state index contributed by atoms with van der Waals surface area (Å²) in [5, 5.41) is 3.32. The number of imidazole rings is 1. The minimum absolute atomic E-state index is 0. The molecule has 0 aliphatic rings. The highest BCUT2D eigenvalue weighted by molar-refractivity contribution is 5.85. The second-order valence-electron chi connectivity index (χ2n) is 3.14. The summed E-state index contributed by atoms with van der Waals surface area (Å²) in [5.41, 5.74) is 6.39. The van der Waals surface area contributed by atoms with Crippen LogP contribution in [-0.2, 0) is 0 Å². The van der Waals surface area contributed by atoms with E-state index in [0.29, 0.717) is 6.54 Å². The first-order chi connectivity index (χ1) is 6.92. The van der Waals surface area contributed by atoms with Crippen molar-refractivity contribution in [3.8, 4) is 0 Å². The summed E-state index contributed by atoms with van der Waals surface area (Å²) in [5.74, 6) is 1.06. The number of aromatic nitrogens is 2. The number of pyridine rings is 1. The molecule has 0 fully saturated rings. The summed E-state index contributed by atoms with van der Waals surface area (Å²) >= 11 is 0. The molecular weight excluding hydrogens is 247 g/mol. The molecule has 0 spiro atoms. The third kappa shape index (κ3) is 3.27. The lowest BCUT2D eigenvalue weighted by molar-refractivity contribution is 0.867. The van der Waals surface area contributed by atoms with E-state index in [9.17, 15) is 0 Å². The first kappa shape index (κ1) is 15.0. The zero-order chi connectivity index (χ0) is 9.80. The van der Waals surface area contributed by atoms with E-state index in [0.717, 1.165) is 24.4 Å². The molecule has 6 heteroatoms. The number of rotatable bonds is 4. The van der Waals surface area contributed by atoms with Crippen LogP contribution in [0.5, 0.6) is 0 Å². The lowest BCUT2D eigenvalue weighted by atomic mass is 10.4. The highest BCUT2D eigenvalue weighted by atomic mass is 35.5. The Bertz CT molecular complexity index is 416. The maximum atomic E-state index is 5.43. The molecule has 0 saturated heterocycles. The largest absolute Gasteiger partial charge is 0.371 e. The Labute approximate surface area is 107 Å². The molecule has 2 heterocycles. The van der Waals surface area contributed by atoms with Crippen LogP contribution in [0.2, 0.25) is 0 Å². The van der Waals surface area contributed by atoms with E-state index in [1.165, 1.54) is 0 Å². The quantitative estimate of drug-likeness (QED) is 0.829. The van der Waals surface area contributed by atoms with Crippen LogP contribution < -0.4 is 11.1 Å². The smallest absolute Gasteiger partial charge is 0.138 e. The van der Waals surface area contributed by atoms with E-state index >= 15 is 0 Å². The first-order valence-corrected chi connectivity index (χ1v) is 4.78. The molecule has 4 nitrogen and oxygen atoms in total. The Morgan fingerprint density at radius 3 is 2.88 bits per heavy atom. The Kier molecular flexibility index (Phi) is 6.88. The van der Waals surface area contributed by atoms with Crippen molar-refractivity contribution in [3.63, 3.8) is 0 Å². The molecule has 2 aromatic rings. The summed E-state index contributed by atoms with van der Waals surface area (Å²) in [6, 6.07) is 6.01. The lowest BCUT2D eigenvalue weighted by Gasteiger charge is -2.07. The maximum absolute atomic E-state index is 5.43. The second kappa shape index (κ2) is 7.33. The zero-order valence-corrected chi connectivity index (χ0v) is 10.4. The number of nitrogens with two attached hydrogens (primary N) is 1. The standard InChI is InChI=1S/C10H14N4.2ClH/c11-5-2-6-12-9-3-1-4-10-13-7-8-14(9)10;;/h1,3-4,7-8,12H,2,5-6,11H2;2*1H. The van der Waals surface area contributed by atoms with Gasteiger partial charge in [-0.15, -0.1) is 24.8 Å². The summed E-state index contributed by atoms with van der Waals surface area (Å²) in [6.45, 7) is 1.61. The van der Waals surface area contributed by atoms with E-state index in [-0.39, 0.29) is 24.8 Å². The van der Waals surface area contributed by atoms with Crippen molar-refractivity contribution < 1.29 is 0 Å². The van der Waals surface area contributed by atoms with Gasteiger partial charge >= 0.3 is 0 Å². The SMILES string of the molecule is Cl.Cl.NCCCNc1cccc2nccn12. The molecule has 0 aliphatic carbocycles. The van der Waals surface area contributed by atoms with Crippen molar-refractivity contribution in [1.29, 1.82) is 0 Å². The van der Waals surface area contributed by atoms with Crippen LogP contribution in [0.25, 0.3) is 5.65 Å². The van der Waals surface area contributed by atoms with Crippen molar-refractivity contribution in [2.24, 2.45) is 5.73 Å². The van der Waals surface area contributed by atoms with Crippen LogP contribution in [0.4, 0.5) is 5.82 Å². The molecule has 16 heavy (non-hydrogen) atoms.